The van der Waals surface area contributed by atoms with Crippen molar-refractivity contribution in [3.8, 4) is 0 Å². The molecular weight excluding hydrogens is 288 g/mol. The summed E-state index contributed by atoms with van der Waals surface area (Å²) in [6, 6.07) is 11.6. The Balaban J connectivity index is 2.30. The number of nitrogens with one attached hydrogen (secondary N) is 1. The number of aromatic nitrogens is 2. The minimum absolute atomic E-state index is 0.114. The summed E-state index contributed by atoms with van der Waals surface area (Å²) in [5.74, 6) is 0.392. The van der Waals surface area contributed by atoms with Gasteiger partial charge in [0.25, 0.3) is 5.91 Å². The number of carbonyl (C=O) groups excluding carboxylic acids is 1. The van der Waals surface area contributed by atoms with E-state index in [1.54, 1.807) is 11.0 Å². The lowest BCUT2D eigenvalue weighted by molar-refractivity contribution is 0.0983. The van der Waals surface area contributed by atoms with E-state index in [9.17, 15) is 4.79 Å². The summed E-state index contributed by atoms with van der Waals surface area (Å²) in [6.07, 6.45) is 0.964. The maximum absolute atomic E-state index is 12.8. The van der Waals surface area contributed by atoms with Gasteiger partial charge in [0.1, 0.15) is 5.69 Å². The van der Waals surface area contributed by atoms with Gasteiger partial charge in [-0.1, -0.05) is 25.1 Å². The molecular formula is C18H24N4O. The van der Waals surface area contributed by atoms with Gasteiger partial charge in [0.2, 0.25) is 5.95 Å². The molecule has 2 aromatic rings. The van der Waals surface area contributed by atoms with E-state index in [0.29, 0.717) is 18.2 Å². The van der Waals surface area contributed by atoms with Gasteiger partial charge in [-0.2, -0.15) is 0 Å². The highest BCUT2D eigenvalue weighted by Gasteiger charge is 2.19. The van der Waals surface area contributed by atoms with E-state index in [1.165, 1.54) is 0 Å². The second-order valence-electron chi connectivity index (χ2n) is 5.56. The molecule has 1 unspecified atom stereocenters. The van der Waals surface area contributed by atoms with E-state index in [2.05, 4.69) is 29.1 Å². The normalized spacial score (nSPS) is 11.8. The van der Waals surface area contributed by atoms with Gasteiger partial charge < -0.3 is 10.2 Å². The van der Waals surface area contributed by atoms with Gasteiger partial charge in [-0.15, -0.1) is 0 Å². The van der Waals surface area contributed by atoms with Crippen molar-refractivity contribution >= 4 is 17.5 Å². The largest absolute Gasteiger partial charge is 0.352 e. The van der Waals surface area contributed by atoms with Crippen molar-refractivity contribution in [2.24, 2.45) is 0 Å². The standard InChI is InChI=1S/C18H24N4O/c1-5-13(3)19-18-20-14(4)12-16(21-18)17(23)22(6-2)15-10-8-7-9-11-15/h7-13H,5-6H2,1-4H3,(H,19,20,21). The molecule has 0 spiro atoms. The first kappa shape index (κ1) is 16.9. The molecule has 2 rings (SSSR count). The van der Waals surface area contributed by atoms with Crippen molar-refractivity contribution in [1.29, 1.82) is 0 Å². The summed E-state index contributed by atoms with van der Waals surface area (Å²) in [4.78, 5) is 23.3. The number of carbonyl (C=O) groups is 1. The first-order valence-electron chi connectivity index (χ1n) is 8.04. The highest BCUT2D eigenvalue weighted by molar-refractivity contribution is 6.04. The van der Waals surface area contributed by atoms with Crippen LogP contribution in [0.3, 0.4) is 0 Å². The predicted octanol–water partition coefficient (Wildman–Crippen LogP) is 3.66. The maximum atomic E-state index is 12.8. The average molecular weight is 312 g/mol. The molecule has 0 saturated carbocycles. The fraction of sp³-hybridized carbons (Fsp3) is 0.389. The van der Waals surface area contributed by atoms with Crippen LogP contribution in [-0.4, -0.2) is 28.5 Å². The molecule has 0 saturated heterocycles. The number of hydrogen-bond acceptors (Lipinski definition) is 4. The van der Waals surface area contributed by atoms with Crippen LogP contribution in [0.15, 0.2) is 36.4 Å². The second kappa shape index (κ2) is 7.72. The predicted molar refractivity (Wildman–Crippen MR) is 93.9 cm³/mol. The van der Waals surface area contributed by atoms with Gasteiger partial charge in [0, 0.05) is 24.0 Å². The van der Waals surface area contributed by atoms with Crippen molar-refractivity contribution in [1.82, 2.24) is 9.97 Å². The van der Waals surface area contributed by atoms with Crippen molar-refractivity contribution in [2.45, 2.75) is 40.2 Å². The fourth-order valence-corrected chi connectivity index (χ4v) is 2.25. The first-order chi connectivity index (χ1) is 11.0. The highest BCUT2D eigenvalue weighted by atomic mass is 16.2. The van der Waals surface area contributed by atoms with Crippen LogP contribution in [0.2, 0.25) is 0 Å². The highest BCUT2D eigenvalue weighted by Crippen LogP contribution is 2.17. The Hall–Kier alpha value is -2.43. The Labute approximate surface area is 137 Å². The van der Waals surface area contributed by atoms with Crippen LogP contribution in [0, 0.1) is 6.92 Å². The molecule has 5 nitrogen and oxygen atoms in total. The zero-order valence-corrected chi connectivity index (χ0v) is 14.2. The summed E-state index contributed by atoms with van der Waals surface area (Å²) in [7, 11) is 0. The topological polar surface area (TPSA) is 58.1 Å². The first-order valence-corrected chi connectivity index (χ1v) is 8.04. The molecule has 1 N–H and O–H groups in total. The van der Waals surface area contributed by atoms with Gasteiger partial charge in [-0.3, -0.25) is 4.79 Å². The van der Waals surface area contributed by atoms with Gasteiger partial charge in [0.05, 0.1) is 0 Å². The molecule has 1 heterocycles. The SMILES string of the molecule is CCC(C)Nc1nc(C)cc(C(=O)N(CC)c2ccccc2)n1. The van der Waals surface area contributed by atoms with Crippen molar-refractivity contribution in [3.63, 3.8) is 0 Å². The van der Waals surface area contributed by atoms with Crippen molar-refractivity contribution in [3.05, 3.63) is 47.8 Å². The lowest BCUT2D eigenvalue weighted by Crippen LogP contribution is -2.31. The summed E-state index contributed by atoms with van der Waals surface area (Å²) in [5, 5.41) is 3.23. The number of aryl methyl sites for hydroxylation is 1. The van der Waals surface area contributed by atoms with Gasteiger partial charge in [0.15, 0.2) is 0 Å². The zero-order valence-electron chi connectivity index (χ0n) is 14.2. The molecule has 1 aromatic heterocycles. The molecule has 1 amide bonds. The Morgan fingerprint density at radius 2 is 1.91 bits per heavy atom. The summed E-state index contributed by atoms with van der Waals surface area (Å²) in [5.41, 5.74) is 2.06. The molecule has 1 atom stereocenters. The Kier molecular flexibility index (Phi) is 5.68. The molecule has 23 heavy (non-hydrogen) atoms. The quantitative estimate of drug-likeness (QED) is 0.884. The Bertz CT molecular complexity index is 657. The molecule has 0 fully saturated rings. The van der Waals surface area contributed by atoms with Crippen LogP contribution in [0.4, 0.5) is 11.6 Å². The van der Waals surface area contributed by atoms with Gasteiger partial charge in [-0.05, 0) is 45.4 Å². The number of anilines is 2. The van der Waals surface area contributed by atoms with E-state index in [0.717, 1.165) is 17.8 Å². The van der Waals surface area contributed by atoms with Crippen molar-refractivity contribution in [2.75, 3.05) is 16.8 Å². The smallest absolute Gasteiger partial charge is 0.277 e. The Morgan fingerprint density at radius 3 is 2.52 bits per heavy atom. The molecule has 1 aromatic carbocycles. The molecule has 0 bridgehead atoms. The minimum atomic E-state index is -0.114. The zero-order chi connectivity index (χ0) is 16.8. The molecule has 0 aliphatic heterocycles. The monoisotopic (exact) mass is 312 g/mol. The molecule has 5 heteroatoms. The minimum Gasteiger partial charge on any atom is -0.352 e. The molecule has 122 valence electrons. The lowest BCUT2D eigenvalue weighted by atomic mass is 10.2. The number of rotatable bonds is 6. The molecule has 0 aliphatic rings. The van der Waals surface area contributed by atoms with Crippen LogP contribution in [0.5, 0.6) is 0 Å². The molecule has 0 aliphatic carbocycles. The Morgan fingerprint density at radius 1 is 1.22 bits per heavy atom. The number of amides is 1. The van der Waals surface area contributed by atoms with E-state index in [-0.39, 0.29) is 11.9 Å². The number of para-hydroxylation sites is 1. The molecule has 0 radical (unpaired) electrons. The van der Waals surface area contributed by atoms with E-state index < -0.39 is 0 Å². The maximum Gasteiger partial charge on any atom is 0.277 e. The summed E-state index contributed by atoms with van der Waals surface area (Å²) in [6.45, 7) is 8.57. The van der Waals surface area contributed by atoms with Gasteiger partial charge in [-0.25, -0.2) is 9.97 Å². The average Bonchev–Trinajstić information content (AvgIpc) is 2.55. The third-order valence-electron chi connectivity index (χ3n) is 3.69. The van der Waals surface area contributed by atoms with Crippen LogP contribution in [0.1, 0.15) is 43.4 Å². The van der Waals surface area contributed by atoms with E-state index in [1.807, 2.05) is 44.2 Å². The second-order valence-corrected chi connectivity index (χ2v) is 5.56. The van der Waals surface area contributed by atoms with Crippen molar-refractivity contribution < 1.29 is 4.79 Å². The third-order valence-corrected chi connectivity index (χ3v) is 3.69. The lowest BCUT2D eigenvalue weighted by Gasteiger charge is -2.21. The number of nitrogens with zero attached hydrogens (tertiary/aromatic N) is 3. The summed E-state index contributed by atoms with van der Waals surface area (Å²) >= 11 is 0. The van der Waals surface area contributed by atoms with Crippen LogP contribution in [0.25, 0.3) is 0 Å². The van der Waals surface area contributed by atoms with Crippen LogP contribution < -0.4 is 10.2 Å². The summed E-state index contributed by atoms with van der Waals surface area (Å²) < 4.78 is 0. The fourth-order valence-electron chi connectivity index (χ4n) is 2.25. The van der Waals surface area contributed by atoms with Crippen LogP contribution >= 0.6 is 0 Å². The van der Waals surface area contributed by atoms with Crippen LogP contribution in [-0.2, 0) is 0 Å². The number of hydrogen-bond donors (Lipinski definition) is 1. The third kappa shape index (κ3) is 4.28. The van der Waals surface area contributed by atoms with Gasteiger partial charge >= 0.3 is 0 Å². The van der Waals surface area contributed by atoms with E-state index >= 15 is 0 Å². The van der Waals surface area contributed by atoms with E-state index in [4.69, 9.17) is 0 Å². The number of benzene rings is 1.